The molecule has 0 unspecified atom stereocenters. The third-order valence-corrected chi connectivity index (χ3v) is 3.15. The van der Waals surface area contributed by atoms with Crippen molar-refractivity contribution in [3.8, 4) is 0 Å². The van der Waals surface area contributed by atoms with Crippen molar-refractivity contribution in [1.82, 2.24) is 16.1 Å². The van der Waals surface area contributed by atoms with E-state index in [1.807, 2.05) is 0 Å². The van der Waals surface area contributed by atoms with Gasteiger partial charge in [-0.15, -0.1) is 0 Å². The van der Waals surface area contributed by atoms with Crippen LogP contribution in [0.25, 0.3) is 10.8 Å². The Morgan fingerprint density at radius 1 is 0.944 bits per heavy atom. The monoisotopic (exact) mass is 239 g/mol. The topological polar surface area (TPSA) is 63.7 Å². The predicted molar refractivity (Wildman–Crippen MR) is 75.0 cm³/mol. The maximum absolute atomic E-state index is 3.67. The molecule has 2 aromatic carbocycles. The lowest BCUT2D eigenvalue weighted by Gasteiger charge is -1.99. The third-order valence-electron chi connectivity index (χ3n) is 3.15. The molecule has 3 nitrogen and oxygen atoms in total. The van der Waals surface area contributed by atoms with Gasteiger partial charge in [0.05, 0.1) is 6.33 Å². The number of nitrogens with one attached hydrogen (secondary N) is 1. The van der Waals surface area contributed by atoms with Gasteiger partial charge in [-0.05, 0) is 34.7 Å². The van der Waals surface area contributed by atoms with Crippen LogP contribution in [0.15, 0.2) is 55.1 Å². The lowest BCUT2D eigenvalue weighted by molar-refractivity contribution is 1.02. The molecule has 0 radical (unpaired) electrons. The molecule has 1 heterocycles. The van der Waals surface area contributed by atoms with Gasteiger partial charge >= 0.3 is 0 Å². The van der Waals surface area contributed by atoms with Gasteiger partial charge in [0.15, 0.2) is 0 Å². The molecule has 3 heteroatoms. The van der Waals surface area contributed by atoms with Crippen LogP contribution in [0, 0.1) is 0 Å². The van der Waals surface area contributed by atoms with Crippen molar-refractivity contribution in [2.45, 2.75) is 12.8 Å². The molecular weight excluding hydrogens is 222 g/mol. The lowest BCUT2D eigenvalue weighted by Crippen LogP contribution is -1.76. The van der Waals surface area contributed by atoms with Gasteiger partial charge in [0.2, 0.25) is 0 Å². The summed E-state index contributed by atoms with van der Waals surface area (Å²) < 4.78 is 0. The van der Waals surface area contributed by atoms with Crippen molar-refractivity contribution in [3.05, 3.63) is 66.2 Å². The van der Waals surface area contributed by atoms with Crippen molar-refractivity contribution >= 4 is 10.8 Å². The molecule has 0 saturated heterocycles. The molecule has 1 aromatic heterocycles. The zero-order chi connectivity index (χ0) is 11.5. The fraction of sp³-hybridized carbons (Fsp3) is 0.133. The molecule has 0 bridgehead atoms. The first-order chi connectivity index (χ1) is 8.45. The van der Waals surface area contributed by atoms with Crippen molar-refractivity contribution < 1.29 is 0 Å². The summed E-state index contributed by atoms with van der Waals surface area (Å²) >= 11 is 0. The fourth-order valence-corrected chi connectivity index (χ4v) is 2.40. The standard InChI is InChI=1S/C12H10.C3H4N2.H3N/c1-3-9-4-2-6-11-8-7-10(5-1)12(9)11;1-2-5-3-4-1;/h1-6H,7-8H2;1-3H,(H,4,5);1H3. The number of imidazole rings is 1. The Morgan fingerprint density at radius 2 is 1.61 bits per heavy atom. The second kappa shape index (κ2) is 5.47. The highest BCUT2D eigenvalue weighted by molar-refractivity contribution is 5.90. The van der Waals surface area contributed by atoms with Gasteiger partial charge in [0, 0.05) is 12.4 Å². The average Bonchev–Trinajstić information content (AvgIpc) is 3.04. The Kier molecular flexibility index (Phi) is 3.75. The smallest absolute Gasteiger partial charge is 0.0919 e. The number of rotatable bonds is 0. The van der Waals surface area contributed by atoms with Crippen molar-refractivity contribution in [1.29, 1.82) is 0 Å². The van der Waals surface area contributed by atoms with Gasteiger partial charge in [-0.2, -0.15) is 0 Å². The van der Waals surface area contributed by atoms with Gasteiger partial charge in [0.1, 0.15) is 0 Å². The van der Waals surface area contributed by atoms with Crippen LogP contribution < -0.4 is 6.15 Å². The number of nitrogens with zero attached hydrogens (tertiary/aromatic N) is 1. The number of H-pyrrole nitrogens is 1. The SMILES string of the molecule is N.c1c[nH]cn1.c1cc2c3c(cccc3c1)CC2. The van der Waals surface area contributed by atoms with Crippen LogP contribution >= 0.6 is 0 Å². The van der Waals surface area contributed by atoms with E-state index in [0.717, 1.165) is 0 Å². The molecular formula is C15H17N3. The second-order valence-electron chi connectivity index (χ2n) is 4.19. The fourth-order valence-electron chi connectivity index (χ4n) is 2.40. The number of aryl methyl sites for hydroxylation is 2. The predicted octanol–water partition coefficient (Wildman–Crippen LogP) is 3.51. The van der Waals surface area contributed by atoms with E-state index in [1.54, 1.807) is 18.7 Å². The van der Waals surface area contributed by atoms with Gasteiger partial charge in [-0.3, -0.25) is 0 Å². The molecule has 92 valence electrons. The van der Waals surface area contributed by atoms with Crippen LogP contribution in [-0.2, 0) is 12.8 Å². The molecule has 0 aliphatic heterocycles. The maximum atomic E-state index is 3.67. The van der Waals surface area contributed by atoms with Crippen molar-refractivity contribution in [2.24, 2.45) is 0 Å². The first-order valence-electron chi connectivity index (χ1n) is 5.87. The summed E-state index contributed by atoms with van der Waals surface area (Å²) in [7, 11) is 0. The van der Waals surface area contributed by atoms with E-state index in [0.29, 0.717) is 0 Å². The molecule has 3 aromatic rings. The van der Waals surface area contributed by atoms with E-state index in [9.17, 15) is 0 Å². The zero-order valence-corrected chi connectivity index (χ0v) is 10.3. The van der Waals surface area contributed by atoms with E-state index < -0.39 is 0 Å². The first kappa shape index (κ1) is 12.3. The van der Waals surface area contributed by atoms with Gasteiger partial charge < -0.3 is 11.1 Å². The minimum atomic E-state index is 0. The van der Waals surface area contributed by atoms with Crippen LogP contribution in [0.4, 0.5) is 0 Å². The van der Waals surface area contributed by atoms with Crippen LogP contribution in [0.5, 0.6) is 0 Å². The number of aromatic nitrogens is 2. The summed E-state index contributed by atoms with van der Waals surface area (Å²) in [5.74, 6) is 0. The molecule has 18 heavy (non-hydrogen) atoms. The highest BCUT2D eigenvalue weighted by Crippen LogP contribution is 2.29. The largest absolute Gasteiger partial charge is 0.351 e. The Bertz CT molecular complexity index is 559. The summed E-state index contributed by atoms with van der Waals surface area (Å²) in [4.78, 5) is 6.42. The summed E-state index contributed by atoms with van der Waals surface area (Å²) in [6, 6.07) is 13.2. The van der Waals surface area contributed by atoms with Crippen molar-refractivity contribution in [3.63, 3.8) is 0 Å². The van der Waals surface area contributed by atoms with E-state index in [1.165, 1.54) is 34.7 Å². The quantitative estimate of drug-likeness (QED) is 0.630. The highest BCUT2D eigenvalue weighted by atomic mass is 14.8. The van der Waals surface area contributed by atoms with Crippen molar-refractivity contribution in [2.75, 3.05) is 0 Å². The summed E-state index contributed by atoms with van der Waals surface area (Å²) in [6.07, 6.45) is 7.55. The highest BCUT2D eigenvalue weighted by Gasteiger charge is 2.11. The van der Waals surface area contributed by atoms with Gasteiger partial charge in [-0.1, -0.05) is 36.4 Å². The molecule has 1 aliphatic carbocycles. The van der Waals surface area contributed by atoms with Crippen LogP contribution in [0.1, 0.15) is 11.1 Å². The summed E-state index contributed by atoms with van der Waals surface area (Å²) in [6.45, 7) is 0. The van der Waals surface area contributed by atoms with E-state index in [2.05, 4.69) is 46.4 Å². The Morgan fingerprint density at radius 3 is 2.06 bits per heavy atom. The molecule has 0 saturated carbocycles. The first-order valence-corrected chi connectivity index (χ1v) is 5.87. The van der Waals surface area contributed by atoms with Gasteiger partial charge in [0.25, 0.3) is 0 Å². The minimum Gasteiger partial charge on any atom is -0.351 e. The lowest BCUT2D eigenvalue weighted by atomic mass is 10.1. The van der Waals surface area contributed by atoms with E-state index in [-0.39, 0.29) is 6.15 Å². The third kappa shape index (κ3) is 2.26. The molecule has 0 amide bonds. The number of benzene rings is 2. The van der Waals surface area contributed by atoms with E-state index >= 15 is 0 Å². The minimum absolute atomic E-state index is 0. The zero-order valence-electron chi connectivity index (χ0n) is 10.3. The molecule has 0 fully saturated rings. The number of hydrogen-bond acceptors (Lipinski definition) is 2. The summed E-state index contributed by atoms with van der Waals surface area (Å²) in [5, 5.41) is 2.92. The molecule has 4 N–H and O–H groups in total. The van der Waals surface area contributed by atoms with Crippen LogP contribution in [0.3, 0.4) is 0 Å². The molecule has 0 atom stereocenters. The maximum Gasteiger partial charge on any atom is 0.0919 e. The Hall–Kier alpha value is -2.13. The number of aromatic amines is 1. The van der Waals surface area contributed by atoms with Crippen LogP contribution in [0.2, 0.25) is 0 Å². The van der Waals surface area contributed by atoms with E-state index in [4.69, 9.17) is 0 Å². The summed E-state index contributed by atoms with van der Waals surface area (Å²) in [5.41, 5.74) is 3.06. The number of hydrogen-bond donors (Lipinski definition) is 2. The normalized spacial score (nSPS) is 11.6. The Labute approximate surface area is 106 Å². The molecule has 0 spiro atoms. The Balaban J connectivity index is 0.000000172. The molecule has 4 rings (SSSR count). The second-order valence-corrected chi connectivity index (χ2v) is 4.19. The van der Waals surface area contributed by atoms with Gasteiger partial charge in [-0.25, -0.2) is 4.98 Å². The average molecular weight is 239 g/mol. The molecule has 1 aliphatic rings. The van der Waals surface area contributed by atoms with Crippen LogP contribution in [-0.4, -0.2) is 9.97 Å².